The van der Waals surface area contributed by atoms with Crippen molar-refractivity contribution in [3.05, 3.63) is 53.6 Å². The lowest BCUT2D eigenvalue weighted by Gasteiger charge is -2.13. The van der Waals surface area contributed by atoms with Crippen molar-refractivity contribution in [3.8, 4) is 5.75 Å². The first-order valence-electron chi connectivity index (χ1n) is 7.56. The Hall–Kier alpha value is -3.21. The van der Waals surface area contributed by atoms with Crippen LogP contribution in [0.4, 0.5) is 14.5 Å². The molecule has 0 radical (unpaired) electrons. The minimum atomic E-state index is -4.35. The summed E-state index contributed by atoms with van der Waals surface area (Å²) in [5.74, 6) is -1.90. The summed E-state index contributed by atoms with van der Waals surface area (Å²) in [5, 5.41) is 0. The molecule has 0 aliphatic carbocycles. The van der Waals surface area contributed by atoms with Crippen LogP contribution in [0.25, 0.3) is 0 Å². The third-order valence-electron chi connectivity index (χ3n) is 3.43. The average Bonchev–Trinajstić information content (AvgIpc) is 2.67. The normalized spacial score (nSPS) is 11.0. The van der Waals surface area contributed by atoms with E-state index < -0.39 is 33.5 Å². The molecule has 2 rings (SSSR count). The minimum absolute atomic E-state index is 0.0147. The number of ether oxygens (including phenoxy) is 3. The van der Waals surface area contributed by atoms with Crippen molar-refractivity contribution in [2.24, 2.45) is 0 Å². The molecule has 0 saturated carbocycles. The number of anilines is 1. The van der Waals surface area contributed by atoms with Gasteiger partial charge >= 0.3 is 18.6 Å². The highest BCUT2D eigenvalue weighted by atomic mass is 32.2. The zero-order valence-corrected chi connectivity index (χ0v) is 15.5. The lowest BCUT2D eigenvalue weighted by molar-refractivity contribution is -0.0498. The maximum Gasteiger partial charge on any atom is 0.387 e. The van der Waals surface area contributed by atoms with E-state index in [4.69, 9.17) is 0 Å². The van der Waals surface area contributed by atoms with Gasteiger partial charge in [0.1, 0.15) is 10.6 Å². The third-order valence-corrected chi connectivity index (χ3v) is 4.85. The van der Waals surface area contributed by atoms with E-state index >= 15 is 0 Å². The summed E-state index contributed by atoms with van der Waals surface area (Å²) in [5.41, 5.74) is -0.391. The standard InChI is InChI=1S/C17H15F2NO7S/c1-25-15(21)10-3-8-13(16(22)26-2)14(9-10)28(23,24)20-11-4-6-12(7-5-11)27-17(18)19/h3-9,17,20H,1-2H3. The average molecular weight is 415 g/mol. The molecule has 0 fully saturated rings. The number of hydrogen-bond acceptors (Lipinski definition) is 7. The molecule has 0 heterocycles. The molecule has 0 aliphatic heterocycles. The topological polar surface area (TPSA) is 108 Å². The molecular weight excluding hydrogens is 400 g/mol. The van der Waals surface area contributed by atoms with Gasteiger partial charge in [0, 0.05) is 5.69 Å². The Balaban J connectivity index is 2.42. The van der Waals surface area contributed by atoms with Crippen molar-refractivity contribution in [2.45, 2.75) is 11.5 Å². The number of hydrogen-bond donors (Lipinski definition) is 1. The number of carbonyl (C=O) groups excluding carboxylic acids is 2. The Kier molecular flexibility index (Phi) is 6.52. The number of carbonyl (C=O) groups is 2. The molecule has 0 saturated heterocycles. The minimum Gasteiger partial charge on any atom is -0.465 e. The van der Waals surface area contributed by atoms with Gasteiger partial charge in [-0.05, 0) is 42.5 Å². The fourth-order valence-electron chi connectivity index (χ4n) is 2.18. The first-order valence-corrected chi connectivity index (χ1v) is 9.04. The van der Waals surface area contributed by atoms with Gasteiger partial charge in [0.2, 0.25) is 0 Å². The van der Waals surface area contributed by atoms with Crippen LogP contribution in [0.1, 0.15) is 20.7 Å². The number of esters is 2. The molecule has 11 heteroatoms. The summed E-state index contributed by atoms with van der Waals surface area (Å²) in [6.07, 6.45) is 0. The van der Waals surface area contributed by atoms with Crippen LogP contribution >= 0.6 is 0 Å². The molecule has 0 atom stereocenters. The van der Waals surface area contributed by atoms with Crippen LogP contribution in [0.5, 0.6) is 5.75 Å². The van der Waals surface area contributed by atoms with Crippen molar-refractivity contribution >= 4 is 27.6 Å². The molecule has 0 aliphatic rings. The van der Waals surface area contributed by atoms with Crippen LogP contribution in [0.3, 0.4) is 0 Å². The number of nitrogens with one attached hydrogen (secondary N) is 1. The smallest absolute Gasteiger partial charge is 0.387 e. The first-order chi connectivity index (χ1) is 13.2. The maximum atomic E-state index is 12.7. The van der Waals surface area contributed by atoms with Crippen molar-refractivity contribution < 1.29 is 41.0 Å². The van der Waals surface area contributed by atoms with Gasteiger partial charge in [-0.3, -0.25) is 4.72 Å². The maximum absolute atomic E-state index is 12.7. The van der Waals surface area contributed by atoms with E-state index in [1.165, 1.54) is 18.2 Å². The largest absolute Gasteiger partial charge is 0.465 e. The molecule has 8 nitrogen and oxygen atoms in total. The lowest BCUT2D eigenvalue weighted by atomic mass is 10.1. The molecule has 0 bridgehead atoms. The SMILES string of the molecule is COC(=O)c1ccc(C(=O)OC)c(S(=O)(=O)Nc2ccc(OC(F)F)cc2)c1. The van der Waals surface area contributed by atoms with Crippen LogP contribution < -0.4 is 9.46 Å². The summed E-state index contributed by atoms with van der Waals surface area (Å²) in [7, 11) is -2.16. The molecule has 0 spiro atoms. The highest BCUT2D eigenvalue weighted by molar-refractivity contribution is 7.92. The van der Waals surface area contributed by atoms with Gasteiger partial charge in [-0.25, -0.2) is 18.0 Å². The molecule has 150 valence electrons. The van der Waals surface area contributed by atoms with Gasteiger partial charge in [0.15, 0.2) is 0 Å². The summed E-state index contributed by atoms with van der Waals surface area (Å²) in [6, 6.07) is 7.95. The highest BCUT2D eigenvalue weighted by Crippen LogP contribution is 2.24. The van der Waals surface area contributed by atoms with E-state index in [2.05, 4.69) is 18.9 Å². The fraction of sp³-hybridized carbons (Fsp3) is 0.176. The second-order valence-electron chi connectivity index (χ2n) is 5.20. The molecular formula is C17H15F2NO7S. The van der Waals surface area contributed by atoms with Crippen LogP contribution in [0.2, 0.25) is 0 Å². The van der Waals surface area contributed by atoms with E-state index in [0.29, 0.717) is 0 Å². The van der Waals surface area contributed by atoms with Gasteiger partial charge in [-0.2, -0.15) is 8.78 Å². The second-order valence-corrected chi connectivity index (χ2v) is 6.85. The number of halogens is 2. The van der Waals surface area contributed by atoms with Gasteiger partial charge in [0.05, 0.1) is 25.3 Å². The highest BCUT2D eigenvalue weighted by Gasteiger charge is 2.25. The van der Waals surface area contributed by atoms with Gasteiger partial charge in [-0.1, -0.05) is 0 Å². The number of benzene rings is 2. The predicted molar refractivity (Wildman–Crippen MR) is 93.0 cm³/mol. The molecule has 0 unspecified atom stereocenters. The molecule has 0 amide bonds. The molecule has 1 N–H and O–H groups in total. The van der Waals surface area contributed by atoms with Crippen LogP contribution in [-0.4, -0.2) is 41.2 Å². The van der Waals surface area contributed by atoms with Gasteiger partial charge in [-0.15, -0.1) is 0 Å². The number of methoxy groups -OCH3 is 2. The van der Waals surface area contributed by atoms with E-state index in [1.54, 1.807) is 0 Å². The zero-order valence-electron chi connectivity index (χ0n) is 14.6. The van der Waals surface area contributed by atoms with E-state index in [1.807, 2.05) is 0 Å². The summed E-state index contributed by atoms with van der Waals surface area (Å²) in [6.45, 7) is -3.02. The number of alkyl halides is 2. The Labute approximate surface area is 159 Å². The van der Waals surface area contributed by atoms with E-state index in [9.17, 15) is 26.8 Å². The Morgan fingerprint density at radius 1 is 0.964 bits per heavy atom. The van der Waals surface area contributed by atoms with Gasteiger partial charge in [0.25, 0.3) is 10.0 Å². The molecule has 28 heavy (non-hydrogen) atoms. The summed E-state index contributed by atoms with van der Waals surface area (Å²) in [4.78, 5) is 23.1. The van der Waals surface area contributed by atoms with Crippen molar-refractivity contribution in [3.63, 3.8) is 0 Å². The van der Waals surface area contributed by atoms with Crippen molar-refractivity contribution in [1.82, 2.24) is 0 Å². The zero-order chi connectivity index (χ0) is 20.9. The van der Waals surface area contributed by atoms with Crippen LogP contribution in [0, 0.1) is 0 Å². The van der Waals surface area contributed by atoms with Crippen molar-refractivity contribution in [1.29, 1.82) is 0 Å². The summed E-state index contributed by atoms with van der Waals surface area (Å²) >= 11 is 0. The molecule has 2 aromatic rings. The third kappa shape index (κ3) is 4.94. The van der Waals surface area contributed by atoms with E-state index in [-0.39, 0.29) is 22.6 Å². The molecule has 0 aromatic heterocycles. The number of rotatable bonds is 7. The Morgan fingerprint density at radius 3 is 2.11 bits per heavy atom. The van der Waals surface area contributed by atoms with Crippen molar-refractivity contribution in [2.75, 3.05) is 18.9 Å². The molecule has 2 aromatic carbocycles. The quantitative estimate of drug-likeness (QED) is 0.693. The van der Waals surface area contributed by atoms with E-state index in [0.717, 1.165) is 38.5 Å². The lowest BCUT2D eigenvalue weighted by Crippen LogP contribution is -2.18. The summed E-state index contributed by atoms with van der Waals surface area (Å²) < 4.78 is 65.3. The van der Waals surface area contributed by atoms with Crippen LogP contribution in [-0.2, 0) is 19.5 Å². The fourth-order valence-corrected chi connectivity index (χ4v) is 3.46. The monoisotopic (exact) mass is 415 g/mol. The predicted octanol–water partition coefficient (Wildman–Crippen LogP) is 2.66. The first kappa shape index (κ1) is 21.1. The number of sulfonamides is 1. The Morgan fingerprint density at radius 2 is 1.57 bits per heavy atom. The van der Waals surface area contributed by atoms with Gasteiger partial charge < -0.3 is 14.2 Å². The van der Waals surface area contributed by atoms with Crippen LogP contribution in [0.15, 0.2) is 47.4 Å². The second kappa shape index (κ2) is 8.65. The Bertz CT molecular complexity index is 976.